The van der Waals surface area contributed by atoms with E-state index in [1.165, 1.54) is 43.7 Å². The van der Waals surface area contributed by atoms with Crippen LogP contribution in [-0.4, -0.2) is 23.3 Å². The molecule has 0 spiro atoms. The van der Waals surface area contributed by atoms with E-state index in [9.17, 15) is 0 Å². The third-order valence-electron chi connectivity index (χ3n) is 12.5. The predicted octanol–water partition coefficient (Wildman–Crippen LogP) is 14.5. The standard InChI is InChI=1S/C57H37N5/c1-6-18-38(19-7-1)56-58-57-55(62(56)44-26-14-5-15-27-44)49-37-53-48(36-54(49)61(57)43-24-12-4-13-25-43)47-35-40(31-33-52(47)60(53)42-22-10-3-11-23-42)39-30-32-51-46(34-39)45-28-16-17-29-50(45)59(51)41-20-8-2-9-21-41/h1-37H. The van der Waals surface area contributed by atoms with E-state index in [2.05, 4.69) is 243 Å². The lowest BCUT2D eigenvalue weighted by Crippen LogP contribution is -1.98. The minimum atomic E-state index is 0.908. The number of aromatic nitrogens is 5. The molecule has 0 saturated heterocycles. The van der Waals surface area contributed by atoms with Crippen molar-refractivity contribution in [3.8, 4) is 45.3 Å². The van der Waals surface area contributed by atoms with E-state index in [4.69, 9.17) is 4.98 Å². The Hall–Kier alpha value is -8.41. The number of para-hydroxylation sites is 5. The van der Waals surface area contributed by atoms with Gasteiger partial charge in [0.2, 0.25) is 0 Å². The molecule has 13 aromatic rings. The van der Waals surface area contributed by atoms with Crippen LogP contribution in [0, 0.1) is 0 Å². The Bertz CT molecular complexity index is 3820. The number of fused-ring (bicyclic) bond motifs is 9. The second-order valence-electron chi connectivity index (χ2n) is 16.0. The summed E-state index contributed by atoms with van der Waals surface area (Å²) in [6.07, 6.45) is 0. The lowest BCUT2D eigenvalue weighted by molar-refractivity contribution is 1.10. The molecule has 5 nitrogen and oxygen atoms in total. The van der Waals surface area contributed by atoms with Crippen molar-refractivity contribution in [3.63, 3.8) is 0 Å². The van der Waals surface area contributed by atoms with Gasteiger partial charge in [0.05, 0.1) is 27.6 Å². The van der Waals surface area contributed by atoms with Gasteiger partial charge in [-0.2, -0.15) is 0 Å². The number of nitrogens with zero attached hydrogens (tertiary/aromatic N) is 5. The van der Waals surface area contributed by atoms with Crippen LogP contribution in [0.25, 0.3) is 111 Å². The maximum atomic E-state index is 5.53. The first kappa shape index (κ1) is 34.5. The van der Waals surface area contributed by atoms with E-state index in [1.807, 2.05) is 0 Å². The third-order valence-corrected chi connectivity index (χ3v) is 12.5. The molecule has 0 saturated carbocycles. The van der Waals surface area contributed by atoms with Crippen LogP contribution in [0.15, 0.2) is 224 Å². The maximum absolute atomic E-state index is 5.53. The SMILES string of the molecule is c1ccc(-c2nc3c(c4cc5c(cc4n3-c3ccccc3)c3cc(-c4ccc6c(c4)c4ccccc4n6-c4ccccc4)ccc3n5-c3ccccc3)n2-c2ccccc2)cc1. The van der Waals surface area contributed by atoms with Gasteiger partial charge in [-0.1, -0.05) is 133 Å². The van der Waals surface area contributed by atoms with E-state index in [-0.39, 0.29) is 0 Å². The van der Waals surface area contributed by atoms with E-state index in [0.717, 1.165) is 67.2 Å². The number of hydrogen-bond acceptors (Lipinski definition) is 1. The summed E-state index contributed by atoms with van der Waals surface area (Å²) >= 11 is 0. The van der Waals surface area contributed by atoms with Crippen molar-refractivity contribution in [3.05, 3.63) is 224 Å². The summed E-state index contributed by atoms with van der Waals surface area (Å²) in [5, 5.41) is 6.00. The summed E-state index contributed by atoms with van der Waals surface area (Å²) in [5.41, 5.74) is 15.7. The number of rotatable bonds is 6. The van der Waals surface area contributed by atoms with Crippen molar-refractivity contribution in [1.82, 2.24) is 23.3 Å². The van der Waals surface area contributed by atoms with Crippen LogP contribution in [0.4, 0.5) is 0 Å². The van der Waals surface area contributed by atoms with Crippen LogP contribution in [-0.2, 0) is 0 Å². The molecule has 290 valence electrons. The third kappa shape index (κ3) is 5.12. The van der Waals surface area contributed by atoms with E-state index in [0.29, 0.717) is 0 Å². The van der Waals surface area contributed by atoms with Gasteiger partial charge in [-0.25, -0.2) is 4.98 Å². The fraction of sp³-hybridized carbons (Fsp3) is 0. The van der Waals surface area contributed by atoms with E-state index < -0.39 is 0 Å². The average molecular weight is 792 g/mol. The van der Waals surface area contributed by atoms with Gasteiger partial charge in [-0.05, 0) is 102 Å². The molecular formula is C57H37N5. The largest absolute Gasteiger partial charge is 0.309 e. The highest BCUT2D eigenvalue weighted by atomic mass is 15.2. The van der Waals surface area contributed by atoms with Gasteiger partial charge in [0, 0.05) is 55.2 Å². The Labute approximate surface area is 357 Å². The molecule has 62 heavy (non-hydrogen) atoms. The van der Waals surface area contributed by atoms with Gasteiger partial charge in [-0.15, -0.1) is 0 Å². The van der Waals surface area contributed by atoms with Crippen LogP contribution < -0.4 is 0 Å². The fourth-order valence-electron chi connectivity index (χ4n) is 9.84. The molecule has 4 heterocycles. The average Bonchev–Trinajstić information content (AvgIpc) is 4.07. The highest BCUT2D eigenvalue weighted by Gasteiger charge is 2.25. The highest BCUT2D eigenvalue weighted by Crippen LogP contribution is 2.43. The second-order valence-corrected chi connectivity index (χ2v) is 16.0. The molecule has 13 rings (SSSR count). The molecule has 9 aromatic carbocycles. The quantitative estimate of drug-likeness (QED) is 0.165. The zero-order chi connectivity index (χ0) is 40.7. The second kappa shape index (κ2) is 13.6. The predicted molar refractivity (Wildman–Crippen MR) is 257 cm³/mol. The first-order valence-corrected chi connectivity index (χ1v) is 21.1. The van der Waals surface area contributed by atoms with Crippen LogP contribution >= 0.6 is 0 Å². The summed E-state index contributed by atoms with van der Waals surface area (Å²) in [4.78, 5) is 5.53. The molecule has 0 atom stereocenters. The highest BCUT2D eigenvalue weighted by molar-refractivity contribution is 6.19. The van der Waals surface area contributed by atoms with Crippen LogP contribution in [0.3, 0.4) is 0 Å². The van der Waals surface area contributed by atoms with Crippen molar-refractivity contribution in [1.29, 1.82) is 0 Å². The lowest BCUT2D eigenvalue weighted by atomic mass is 10.0. The molecule has 5 heteroatoms. The van der Waals surface area contributed by atoms with Gasteiger partial charge in [0.15, 0.2) is 5.65 Å². The smallest absolute Gasteiger partial charge is 0.165 e. The maximum Gasteiger partial charge on any atom is 0.165 e. The molecule has 0 unspecified atom stereocenters. The molecule has 0 N–H and O–H groups in total. The van der Waals surface area contributed by atoms with Crippen LogP contribution in [0.5, 0.6) is 0 Å². The summed E-state index contributed by atoms with van der Waals surface area (Å²) < 4.78 is 9.50. The molecule has 0 radical (unpaired) electrons. The normalized spacial score (nSPS) is 11.9. The molecule has 0 aliphatic carbocycles. The van der Waals surface area contributed by atoms with Gasteiger partial charge >= 0.3 is 0 Å². The number of hydrogen-bond donors (Lipinski definition) is 0. The minimum Gasteiger partial charge on any atom is -0.309 e. The van der Waals surface area contributed by atoms with Crippen molar-refractivity contribution < 1.29 is 0 Å². The first-order valence-electron chi connectivity index (χ1n) is 21.1. The first-order chi connectivity index (χ1) is 30.8. The zero-order valence-corrected chi connectivity index (χ0v) is 33.6. The molecule has 0 fully saturated rings. The molecule has 0 aliphatic rings. The lowest BCUT2D eigenvalue weighted by Gasteiger charge is -2.11. The summed E-state index contributed by atoms with van der Waals surface area (Å²) in [6, 6.07) is 80.7. The molecule has 0 amide bonds. The Morgan fingerprint density at radius 2 is 0.661 bits per heavy atom. The minimum absolute atomic E-state index is 0.908. The number of benzene rings is 9. The van der Waals surface area contributed by atoms with Crippen molar-refractivity contribution in [2.45, 2.75) is 0 Å². The molecule has 0 bridgehead atoms. The molecule has 4 aromatic heterocycles. The van der Waals surface area contributed by atoms with Crippen molar-refractivity contribution >= 4 is 65.7 Å². The molecular weight excluding hydrogens is 755 g/mol. The Balaban J connectivity index is 1.11. The van der Waals surface area contributed by atoms with Crippen LogP contribution in [0.2, 0.25) is 0 Å². The van der Waals surface area contributed by atoms with E-state index in [1.54, 1.807) is 0 Å². The van der Waals surface area contributed by atoms with Crippen LogP contribution in [0.1, 0.15) is 0 Å². The van der Waals surface area contributed by atoms with Crippen molar-refractivity contribution in [2.24, 2.45) is 0 Å². The summed E-state index contributed by atoms with van der Waals surface area (Å²) in [6.45, 7) is 0. The molecule has 0 aliphatic heterocycles. The summed E-state index contributed by atoms with van der Waals surface area (Å²) in [7, 11) is 0. The van der Waals surface area contributed by atoms with Gasteiger partial charge in [-0.3, -0.25) is 9.13 Å². The van der Waals surface area contributed by atoms with Crippen molar-refractivity contribution in [2.75, 3.05) is 0 Å². The Morgan fingerprint density at radius 3 is 1.24 bits per heavy atom. The zero-order valence-electron chi connectivity index (χ0n) is 33.6. The summed E-state index contributed by atoms with van der Waals surface area (Å²) in [5.74, 6) is 0.908. The van der Waals surface area contributed by atoms with Gasteiger partial charge in [0.1, 0.15) is 11.3 Å². The van der Waals surface area contributed by atoms with Gasteiger partial charge < -0.3 is 9.13 Å². The Kier molecular flexibility index (Phi) is 7.54. The number of imidazole rings is 1. The Morgan fingerprint density at radius 1 is 0.258 bits per heavy atom. The van der Waals surface area contributed by atoms with Gasteiger partial charge in [0.25, 0.3) is 0 Å². The monoisotopic (exact) mass is 791 g/mol. The van der Waals surface area contributed by atoms with E-state index >= 15 is 0 Å². The topological polar surface area (TPSA) is 32.6 Å². The fourth-order valence-corrected chi connectivity index (χ4v) is 9.84.